The third-order valence-corrected chi connectivity index (χ3v) is 6.11. The molecule has 0 spiro atoms. The fourth-order valence-electron chi connectivity index (χ4n) is 2.17. The van der Waals surface area contributed by atoms with Gasteiger partial charge in [-0.15, -0.1) is 0 Å². The summed E-state index contributed by atoms with van der Waals surface area (Å²) in [6.45, 7) is -0.228. The zero-order chi connectivity index (χ0) is 17.9. The van der Waals surface area contributed by atoms with E-state index in [1.165, 1.54) is 18.2 Å². The Morgan fingerprint density at radius 3 is 2.40 bits per heavy atom. The van der Waals surface area contributed by atoms with Crippen LogP contribution >= 0.6 is 0 Å². The van der Waals surface area contributed by atoms with Crippen molar-refractivity contribution in [2.45, 2.75) is 4.90 Å². The van der Waals surface area contributed by atoms with Gasteiger partial charge >= 0.3 is 0 Å². The molecule has 8 nitrogen and oxygen atoms in total. The average Bonchev–Trinajstić information content (AvgIpc) is 3.02. The first-order chi connectivity index (χ1) is 11.9. The molecule has 1 aliphatic heterocycles. The molecule has 2 aromatic carbocycles. The molecule has 1 aliphatic rings. The van der Waals surface area contributed by atoms with Crippen molar-refractivity contribution in [3.8, 4) is 11.5 Å². The minimum absolute atomic E-state index is 0.0230. The van der Waals surface area contributed by atoms with E-state index in [2.05, 4.69) is 9.44 Å². The van der Waals surface area contributed by atoms with Gasteiger partial charge < -0.3 is 9.47 Å². The number of ether oxygens (including phenoxy) is 2. The van der Waals surface area contributed by atoms with Gasteiger partial charge in [0.2, 0.25) is 26.8 Å². The van der Waals surface area contributed by atoms with Crippen LogP contribution in [0.4, 0.5) is 5.69 Å². The molecule has 1 heterocycles. The molecule has 0 fully saturated rings. The zero-order valence-electron chi connectivity index (χ0n) is 13.0. The topological polar surface area (TPSA) is 111 Å². The van der Waals surface area contributed by atoms with Crippen molar-refractivity contribution in [3.63, 3.8) is 0 Å². The molecule has 2 aromatic rings. The number of hydrogen-bond donors (Lipinski definition) is 2. The monoisotopic (exact) mass is 384 g/mol. The normalized spacial score (nSPS) is 13.6. The molecule has 2 N–H and O–H groups in total. The molecule has 0 saturated heterocycles. The van der Waals surface area contributed by atoms with Crippen molar-refractivity contribution >= 4 is 25.7 Å². The van der Waals surface area contributed by atoms with Gasteiger partial charge in [-0.25, -0.2) is 21.6 Å². The molecule has 0 aliphatic carbocycles. The van der Waals surface area contributed by atoms with E-state index in [9.17, 15) is 16.8 Å². The van der Waals surface area contributed by atoms with Crippen LogP contribution in [0.3, 0.4) is 0 Å². The molecule has 0 radical (unpaired) electrons. The minimum Gasteiger partial charge on any atom is -0.454 e. The number of hydrogen-bond acceptors (Lipinski definition) is 6. The second kappa shape index (κ2) is 6.90. The van der Waals surface area contributed by atoms with Crippen LogP contribution in [0.1, 0.15) is 0 Å². The third-order valence-electron chi connectivity index (χ3n) is 3.36. The summed E-state index contributed by atoms with van der Waals surface area (Å²) < 4.78 is 63.4. The highest BCUT2D eigenvalue weighted by Gasteiger charge is 2.21. The first kappa shape index (κ1) is 17.5. The van der Waals surface area contributed by atoms with E-state index >= 15 is 0 Å². The molecular formula is C15H16N2O6S2. The molecule has 0 atom stereocenters. The number of benzene rings is 2. The van der Waals surface area contributed by atoms with Crippen LogP contribution in [0.15, 0.2) is 53.4 Å². The summed E-state index contributed by atoms with van der Waals surface area (Å²) in [6.07, 6.45) is 0. The number of nitrogens with one attached hydrogen (secondary N) is 2. The van der Waals surface area contributed by atoms with Gasteiger partial charge in [0.1, 0.15) is 0 Å². The Bertz CT molecular complexity index is 959. The van der Waals surface area contributed by atoms with Crippen molar-refractivity contribution in [3.05, 3.63) is 48.5 Å². The Kier molecular flexibility index (Phi) is 4.84. The number of sulfonamides is 2. The van der Waals surface area contributed by atoms with Crippen LogP contribution in [-0.2, 0) is 20.0 Å². The van der Waals surface area contributed by atoms with Gasteiger partial charge in [-0.3, -0.25) is 4.72 Å². The fourth-order valence-corrected chi connectivity index (χ4v) is 4.32. The molecular weight excluding hydrogens is 368 g/mol. The lowest BCUT2D eigenvalue weighted by Gasteiger charge is -2.10. The fraction of sp³-hybridized carbons (Fsp3) is 0.200. The highest BCUT2D eigenvalue weighted by atomic mass is 32.2. The summed E-state index contributed by atoms with van der Waals surface area (Å²) in [5.74, 6) is 0.404. The van der Waals surface area contributed by atoms with Crippen molar-refractivity contribution in [1.29, 1.82) is 0 Å². The summed E-state index contributed by atoms with van der Waals surface area (Å²) >= 11 is 0. The van der Waals surface area contributed by atoms with E-state index in [0.29, 0.717) is 17.2 Å². The molecule has 0 bridgehead atoms. The van der Waals surface area contributed by atoms with E-state index < -0.39 is 25.8 Å². The summed E-state index contributed by atoms with van der Waals surface area (Å²) in [4.78, 5) is -0.0230. The number of rotatable bonds is 7. The summed E-state index contributed by atoms with van der Waals surface area (Å²) in [5, 5.41) is 0. The average molecular weight is 384 g/mol. The third kappa shape index (κ3) is 4.41. The maximum Gasteiger partial charge on any atom is 0.240 e. The van der Waals surface area contributed by atoms with Crippen LogP contribution in [0.25, 0.3) is 0 Å². The number of para-hydroxylation sites is 1. The summed E-state index contributed by atoms with van der Waals surface area (Å²) in [5.41, 5.74) is 0.418. The van der Waals surface area contributed by atoms with Gasteiger partial charge in [0.05, 0.1) is 10.6 Å². The van der Waals surface area contributed by atoms with Crippen LogP contribution < -0.4 is 18.9 Å². The summed E-state index contributed by atoms with van der Waals surface area (Å²) in [7, 11) is -7.53. The van der Waals surface area contributed by atoms with E-state index in [-0.39, 0.29) is 18.2 Å². The van der Waals surface area contributed by atoms with Crippen molar-refractivity contribution < 1.29 is 26.3 Å². The lowest BCUT2D eigenvalue weighted by Crippen LogP contribution is -2.31. The smallest absolute Gasteiger partial charge is 0.240 e. The lowest BCUT2D eigenvalue weighted by molar-refractivity contribution is 0.174. The van der Waals surface area contributed by atoms with E-state index in [0.717, 1.165) is 0 Å². The minimum atomic E-state index is -3.85. The van der Waals surface area contributed by atoms with Crippen molar-refractivity contribution in [2.24, 2.45) is 0 Å². The van der Waals surface area contributed by atoms with Crippen LogP contribution in [0.2, 0.25) is 0 Å². The Morgan fingerprint density at radius 2 is 1.64 bits per heavy atom. The van der Waals surface area contributed by atoms with Crippen LogP contribution in [0.5, 0.6) is 11.5 Å². The van der Waals surface area contributed by atoms with Crippen molar-refractivity contribution in [1.82, 2.24) is 4.72 Å². The Labute approximate surface area is 145 Å². The quantitative estimate of drug-likeness (QED) is 0.740. The van der Waals surface area contributed by atoms with Crippen LogP contribution in [0, 0.1) is 0 Å². The molecule has 25 heavy (non-hydrogen) atoms. The van der Waals surface area contributed by atoms with Crippen LogP contribution in [-0.4, -0.2) is 35.9 Å². The highest BCUT2D eigenvalue weighted by Crippen LogP contribution is 2.33. The molecule has 10 heteroatoms. The maximum atomic E-state index is 12.3. The standard InChI is InChI=1S/C15H16N2O6S2/c18-24(19,17-12-4-2-1-3-5-12)9-8-16-25(20,21)13-6-7-14-15(10-13)23-11-22-14/h1-7,10,16-17H,8-9,11H2. The van der Waals surface area contributed by atoms with Gasteiger partial charge in [0.15, 0.2) is 11.5 Å². The van der Waals surface area contributed by atoms with E-state index in [1.807, 2.05) is 0 Å². The van der Waals surface area contributed by atoms with Gasteiger partial charge in [0, 0.05) is 18.3 Å². The zero-order valence-corrected chi connectivity index (χ0v) is 14.6. The second-order valence-electron chi connectivity index (χ2n) is 5.20. The van der Waals surface area contributed by atoms with Gasteiger partial charge in [-0.05, 0) is 24.3 Å². The molecule has 134 valence electrons. The van der Waals surface area contributed by atoms with E-state index in [4.69, 9.17) is 9.47 Å². The summed E-state index contributed by atoms with van der Waals surface area (Å²) in [6, 6.07) is 12.6. The number of fused-ring (bicyclic) bond motifs is 1. The number of anilines is 1. The molecule has 0 aromatic heterocycles. The largest absolute Gasteiger partial charge is 0.454 e. The predicted molar refractivity (Wildman–Crippen MR) is 91.6 cm³/mol. The Morgan fingerprint density at radius 1 is 0.920 bits per heavy atom. The highest BCUT2D eigenvalue weighted by molar-refractivity contribution is 7.92. The first-order valence-electron chi connectivity index (χ1n) is 7.31. The lowest BCUT2D eigenvalue weighted by atomic mass is 10.3. The second-order valence-corrected chi connectivity index (χ2v) is 8.81. The molecule has 0 unspecified atom stereocenters. The first-order valence-corrected chi connectivity index (χ1v) is 10.4. The van der Waals surface area contributed by atoms with Gasteiger partial charge in [0.25, 0.3) is 0 Å². The SMILES string of the molecule is O=S(=O)(CCNS(=O)(=O)c1ccc2c(c1)OCO2)Nc1ccccc1. The molecule has 0 amide bonds. The Hall–Kier alpha value is -2.30. The maximum absolute atomic E-state index is 12.3. The van der Waals surface area contributed by atoms with Gasteiger partial charge in [-0.1, -0.05) is 18.2 Å². The molecule has 3 rings (SSSR count). The van der Waals surface area contributed by atoms with E-state index in [1.54, 1.807) is 30.3 Å². The predicted octanol–water partition coefficient (Wildman–Crippen LogP) is 1.14. The Balaban J connectivity index is 1.61. The van der Waals surface area contributed by atoms with Gasteiger partial charge in [-0.2, -0.15) is 0 Å². The molecule has 0 saturated carbocycles. The van der Waals surface area contributed by atoms with Crippen molar-refractivity contribution in [2.75, 3.05) is 23.8 Å².